The number of aryl methyl sites for hydroxylation is 1. The van der Waals surface area contributed by atoms with Gasteiger partial charge in [0, 0.05) is 5.56 Å². The molecular formula is C22H19NO4S. The first-order chi connectivity index (χ1) is 13.5. The number of carbonyl (C=O) groups is 2. The number of aliphatic imine (C=N–C) groups is 1. The number of aliphatic hydroxyl groups excluding tert-OH is 1. The van der Waals surface area contributed by atoms with Crippen LogP contribution >= 0.6 is 11.8 Å². The predicted molar refractivity (Wildman–Crippen MR) is 111 cm³/mol. The Kier molecular flexibility index (Phi) is 6.11. The van der Waals surface area contributed by atoms with Crippen molar-refractivity contribution in [3.8, 4) is 0 Å². The molecule has 1 aliphatic heterocycles. The van der Waals surface area contributed by atoms with Crippen LogP contribution in [0.25, 0.3) is 6.08 Å². The number of rotatable bonds is 4. The zero-order valence-electron chi connectivity index (χ0n) is 15.5. The minimum absolute atomic E-state index is 0.0884. The second-order valence-electron chi connectivity index (χ2n) is 6.05. The van der Waals surface area contributed by atoms with Gasteiger partial charge < -0.3 is 9.84 Å². The molecule has 1 amide bonds. The Hall–Kier alpha value is -3.12. The molecule has 28 heavy (non-hydrogen) atoms. The summed E-state index contributed by atoms with van der Waals surface area (Å²) in [5, 5.41) is 10.7. The van der Waals surface area contributed by atoms with Gasteiger partial charge in [0.15, 0.2) is 0 Å². The van der Waals surface area contributed by atoms with Crippen molar-refractivity contribution in [2.24, 2.45) is 4.99 Å². The number of thioether (sulfide) groups is 1. The Morgan fingerprint density at radius 1 is 1.11 bits per heavy atom. The van der Waals surface area contributed by atoms with E-state index >= 15 is 0 Å². The van der Waals surface area contributed by atoms with Crippen molar-refractivity contribution in [1.82, 2.24) is 0 Å². The topological polar surface area (TPSA) is 76.0 Å². The number of nitrogens with zero attached hydrogens (tertiary/aromatic N) is 1. The average molecular weight is 393 g/mol. The molecule has 1 aliphatic rings. The van der Waals surface area contributed by atoms with Crippen LogP contribution in [0.1, 0.15) is 28.4 Å². The molecule has 2 aromatic rings. The highest BCUT2D eigenvalue weighted by Gasteiger charge is 2.33. The van der Waals surface area contributed by atoms with Crippen LogP contribution < -0.4 is 0 Å². The third-order valence-electron chi connectivity index (χ3n) is 3.97. The fourth-order valence-electron chi connectivity index (χ4n) is 2.54. The molecule has 3 rings (SSSR count). The lowest BCUT2D eigenvalue weighted by Gasteiger charge is -2.03. The Morgan fingerprint density at radius 2 is 1.79 bits per heavy atom. The van der Waals surface area contributed by atoms with E-state index in [2.05, 4.69) is 4.99 Å². The van der Waals surface area contributed by atoms with E-state index in [0.717, 1.165) is 22.9 Å². The van der Waals surface area contributed by atoms with E-state index in [4.69, 9.17) is 4.74 Å². The maximum absolute atomic E-state index is 12.5. The van der Waals surface area contributed by atoms with E-state index in [1.165, 1.54) is 0 Å². The smallest absolute Gasteiger partial charge is 0.344 e. The van der Waals surface area contributed by atoms with Crippen LogP contribution in [0.3, 0.4) is 0 Å². The first-order valence-electron chi connectivity index (χ1n) is 8.75. The lowest BCUT2D eigenvalue weighted by Crippen LogP contribution is -2.14. The Balaban J connectivity index is 2.00. The predicted octanol–water partition coefficient (Wildman–Crippen LogP) is 4.70. The minimum atomic E-state index is -0.709. The summed E-state index contributed by atoms with van der Waals surface area (Å²) < 4.78 is 5.04. The number of hydrogen-bond donors (Lipinski definition) is 1. The SMILES string of the molecule is CCOC(=O)C1=C(O)/C(=C/c2ccc(C)cc2)SC1=NC(=O)c1ccccc1. The van der Waals surface area contributed by atoms with Gasteiger partial charge >= 0.3 is 5.97 Å². The number of benzene rings is 2. The van der Waals surface area contributed by atoms with Gasteiger partial charge in [0.05, 0.1) is 11.5 Å². The zero-order valence-corrected chi connectivity index (χ0v) is 16.3. The molecule has 0 spiro atoms. The molecule has 0 fully saturated rings. The molecule has 2 aromatic carbocycles. The molecule has 0 saturated heterocycles. The molecule has 0 unspecified atom stereocenters. The molecule has 1 N–H and O–H groups in total. The van der Waals surface area contributed by atoms with E-state index in [-0.39, 0.29) is 23.0 Å². The Bertz CT molecular complexity index is 989. The second kappa shape index (κ2) is 8.71. The monoisotopic (exact) mass is 393 g/mol. The van der Waals surface area contributed by atoms with Gasteiger partial charge in [0.1, 0.15) is 16.4 Å². The second-order valence-corrected chi connectivity index (χ2v) is 7.08. The van der Waals surface area contributed by atoms with E-state index < -0.39 is 11.9 Å². The summed E-state index contributed by atoms with van der Waals surface area (Å²) in [5.41, 5.74) is 2.28. The fourth-order valence-corrected chi connectivity index (χ4v) is 3.56. The van der Waals surface area contributed by atoms with Crippen LogP contribution in [0.2, 0.25) is 0 Å². The number of hydrogen-bond acceptors (Lipinski definition) is 5. The molecule has 0 saturated carbocycles. The molecular weight excluding hydrogens is 374 g/mol. The van der Waals surface area contributed by atoms with E-state index in [0.29, 0.717) is 10.5 Å². The van der Waals surface area contributed by atoms with Crippen LogP contribution in [0.4, 0.5) is 0 Å². The summed E-state index contributed by atoms with van der Waals surface area (Å²) in [6.07, 6.45) is 1.74. The number of aliphatic hydroxyl groups is 1. The van der Waals surface area contributed by atoms with Gasteiger partial charge in [-0.3, -0.25) is 4.79 Å². The molecule has 0 aliphatic carbocycles. The van der Waals surface area contributed by atoms with E-state index in [1.807, 2.05) is 31.2 Å². The number of esters is 1. The van der Waals surface area contributed by atoms with Gasteiger partial charge in [0.2, 0.25) is 0 Å². The summed E-state index contributed by atoms with van der Waals surface area (Å²) in [7, 11) is 0. The van der Waals surface area contributed by atoms with Gasteiger partial charge in [-0.05, 0) is 37.6 Å². The van der Waals surface area contributed by atoms with Crippen molar-refractivity contribution in [2.45, 2.75) is 13.8 Å². The van der Waals surface area contributed by atoms with E-state index in [9.17, 15) is 14.7 Å². The minimum Gasteiger partial charge on any atom is -0.506 e. The zero-order chi connectivity index (χ0) is 20.1. The quantitative estimate of drug-likeness (QED) is 0.762. The Morgan fingerprint density at radius 3 is 2.43 bits per heavy atom. The number of amides is 1. The maximum Gasteiger partial charge on any atom is 0.344 e. The van der Waals surface area contributed by atoms with Gasteiger partial charge in [-0.25, -0.2) is 9.79 Å². The Labute approximate surface area is 167 Å². The lowest BCUT2D eigenvalue weighted by atomic mass is 10.1. The molecule has 0 atom stereocenters. The molecule has 142 valence electrons. The highest BCUT2D eigenvalue weighted by atomic mass is 32.2. The van der Waals surface area contributed by atoms with Gasteiger partial charge in [-0.2, -0.15) is 0 Å². The third-order valence-corrected chi connectivity index (χ3v) is 4.99. The number of ether oxygens (including phenoxy) is 1. The standard InChI is InChI=1S/C22H19NO4S/c1-3-27-22(26)18-19(24)17(13-15-11-9-14(2)10-12-15)28-21(18)23-20(25)16-7-5-4-6-8-16/h4-13,24H,3H2,1-2H3/b17-13-,23-21?. The van der Waals surface area contributed by atoms with Crippen molar-refractivity contribution < 1.29 is 19.4 Å². The molecule has 5 nitrogen and oxygen atoms in total. The number of carbonyl (C=O) groups excluding carboxylic acids is 2. The van der Waals surface area contributed by atoms with Crippen molar-refractivity contribution in [3.05, 3.63) is 87.5 Å². The summed E-state index contributed by atoms with van der Waals surface area (Å²) >= 11 is 1.07. The van der Waals surface area contributed by atoms with Crippen LogP contribution in [-0.4, -0.2) is 28.6 Å². The summed E-state index contributed by atoms with van der Waals surface area (Å²) in [6, 6.07) is 16.3. The normalized spacial score (nSPS) is 16.6. The van der Waals surface area contributed by atoms with Crippen molar-refractivity contribution in [3.63, 3.8) is 0 Å². The first kappa shape index (κ1) is 19.6. The van der Waals surface area contributed by atoms with E-state index in [1.54, 1.807) is 43.3 Å². The van der Waals surface area contributed by atoms with Crippen LogP contribution in [0.15, 0.2) is 75.8 Å². The van der Waals surface area contributed by atoms with Gasteiger partial charge in [-0.1, -0.05) is 59.8 Å². The maximum atomic E-state index is 12.5. The van der Waals surface area contributed by atoms with Crippen molar-refractivity contribution in [2.75, 3.05) is 6.61 Å². The van der Waals surface area contributed by atoms with Gasteiger partial charge in [0.25, 0.3) is 5.91 Å². The third kappa shape index (κ3) is 4.40. The van der Waals surface area contributed by atoms with Crippen molar-refractivity contribution >= 4 is 34.8 Å². The molecule has 1 heterocycles. The summed E-state index contributed by atoms with van der Waals surface area (Å²) in [4.78, 5) is 29.3. The molecule has 0 bridgehead atoms. The van der Waals surface area contributed by atoms with Crippen LogP contribution in [-0.2, 0) is 9.53 Å². The summed E-state index contributed by atoms with van der Waals surface area (Å²) in [6.45, 7) is 3.81. The highest BCUT2D eigenvalue weighted by molar-refractivity contribution is 8.18. The average Bonchev–Trinajstić information content (AvgIpc) is 2.99. The highest BCUT2D eigenvalue weighted by Crippen LogP contribution is 2.39. The summed E-state index contributed by atoms with van der Waals surface area (Å²) in [5.74, 6) is -1.43. The molecule has 6 heteroatoms. The van der Waals surface area contributed by atoms with Crippen LogP contribution in [0, 0.1) is 6.92 Å². The largest absolute Gasteiger partial charge is 0.506 e. The van der Waals surface area contributed by atoms with Gasteiger partial charge in [-0.15, -0.1) is 0 Å². The fraction of sp³-hybridized carbons (Fsp3) is 0.136. The van der Waals surface area contributed by atoms with Crippen molar-refractivity contribution in [1.29, 1.82) is 0 Å². The molecule has 0 radical (unpaired) electrons. The lowest BCUT2D eigenvalue weighted by molar-refractivity contribution is -0.138. The molecule has 0 aromatic heterocycles. The first-order valence-corrected chi connectivity index (χ1v) is 9.56. The van der Waals surface area contributed by atoms with Crippen LogP contribution in [0.5, 0.6) is 0 Å².